The van der Waals surface area contributed by atoms with Gasteiger partial charge in [-0.05, 0) is 30.0 Å². The predicted molar refractivity (Wildman–Crippen MR) is 77.6 cm³/mol. The number of rotatable bonds is 4. The Morgan fingerprint density at radius 3 is 2.50 bits per heavy atom. The van der Waals surface area contributed by atoms with Gasteiger partial charge in [0.05, 0.1) is 7.11 Å². The molecule has 0 amide bonds. The van der Waals surface area contributed by atoms with Crippen LogP contribution in [0.2, 0.25) is 0 Å². The van der Waals surface area contributed by atoms with Crippen molar-refractivity contribution in [2.45, 2.75) is 11.8 Å². The van der Waals surface area contributed by atoms with Crippen molar-refractivity contribution in [2.24, 2.45) is 0 Å². The number of anilines is 1. The number of hydrogen-bond donors (Lipinski definition) is 1. The van der Waals surface area contributed by atoms with Crippen molar-refractivity contribution in [2.75, 3.05) is 11.8 Å². The highest BCUT2D eigenvalue weighted by Gasteiger charge is 2.27. The van der Waals surface area contributed by atoms with Gasteiger partial charge in [0.25, 0.3) is 10.0 Å². The Bertz CT molecular complexity index is 720. The molecule has 1 aromatic heterocycles. The summed E-state index contributed by atoms with van der Waals surface area (Å²) in [5.41, 5.74) is 0.952. The molecule has 0 atom stereocenters. The second-order valence-electron chi connectivity index (χ2n) is 4.04. The summed E-state index contributed by atoms with van der Waals surface area (Å²) in [5, 5.41) is 1.62. The van der Waals surface area contributed by atoms with Gasteiger partial charge in [-0.25, -0.2) is 13.2 Å². The summed E-state index contributed by atoms with van der Waals surface area (Å²) in [5.74, 6) is -0.656. The van der Waals surface area contributed by atoms with E-state index in [4.69, 9.17) is 0 Å². The van der Waals surface area contributed by atoms with Crippen molar-refractivity contribution >= 4 is 33.0 Å². The van der Waals surface area contributed by atoms with E-state index in [-0.39, 0.29) is 9.77 Å². The average molecular weight is 311 g/mol. The lowest BCUT2D eigenvalue weighted by molar-refractivity contribution is 0.0602. The summed E-state index contributed by atoms with van der Waals surface area (Å²) in [7, 11) is -2.61. The molecular weight excluding hydrogens is 298 g/mol. The number of thiophene rings is 1. The minimum Gasteiger partial charge on any atom is -0.465 e. The Hall–Kier alpha value is -1.86. The summed E-state index contributed by atoms with van der Waals surface area (Å²) in [6.45, 7) is 1.64. The van der Waals surface area contributed by atoms with Gasteiger partial charge in [-0.1, -0.05) is 18.2 Å². The normalized spacial score (nSPS) is 11.1. The highest BCUT2D eigenvalue weighted by molar-refractivity contribution is 7.93. The van der Waals surface area contributed by atoms with Crippen LogP contribution in [-0.2, 0) is 14.8 Å². The van der Waals surface area contributed by atoms with Crippen molar-refractivity contribution in [1.82, 2.24) is 0 Å². The van der Waals surface area contributed by atoms with Crippen LogP contribution in [0.3, 0.4) is 0 Å². The Morgan fingerprint density at radius 2 is 1.90 bits per heavy atom. The zero-order chi connectivity index (χ0) is 14.8. The fraction of sp³-hybridized carbons (Fsp3) is 0.154. The molecule has 5 nitrogen and oxygen atoms in total. The quantitative estimate of drug-likeness (QED) is 0.881. The van der Waals surface area contributed by atoms with Gasteiger partial charge in [0, 0.05) is 5.69 Å². The number of methoxy groups -OCH3 is 1. The fourth-order valence-electron chi connectivity index (χ4n) is 1.71. The minimum absolute atomic E-state index is 0.0294. The van der Waals surface area contributed by atoms with Crippen LogP contribution >= 0.6 is 11.3 Å². The van der Waals surface area contributed by atoms with Gasteiger partial charge in [0.1, 0.15) is 9.77 Å². The van der Waals surface area contributed by atoms with Gasteiger partial charge in [-0.3, -0.25) is 4.72 Å². The molecule has 0 aliphatic rings. The number of ether oxygens (including phenoxy) is 1. The number of nitrogens with one attached hydrogen (secondary N) is 1. The first-order valence-electron chi connectivity index (χ1n) is 5.70. The SMILES string of the molecule is COC(=O)c1scc(C)c1S(=O)(=O)Nc1ccccc1. The average Bonchev–Trinajstić information content (AvgIpc) is 2.81. The van der Waals surface area contributed by atoms with Gasteiger partial charge in [0.2, 0.25) is 0 Å². The lowest BCUT2D eigenvalue weighted by Crippen LogP contribution is -2.16. The molecule has 0 radical (unpaired) electrons. The molecule has 1 heterocycles. The van der Waals surface area contributed by atoms with Crippen LogP contribution in [-0.4, -0.2) is 21.5 Å². The van der Waals surface area contributed by atoms with Gasteiger partial charge in [-0.2, -0.15) is 0 Å². The van der Waals surface area contributed by atoms with Crippen LogP contribution in [0.15, 0.2) is 40.6 Å². The summed E-state index contributed by atoms with van der Waals surface area (Å²) in [6.07, 6.45) is 0. The summed E-state index contributed by atoms with van der Waals surface area (Å²) < 4.78 is 31.9. The molecule has 106 valence electrons. The van der Waals surface area contributed by atoms with Crippen molar-refractivity contribution < 1.29 is 17.9 Å². The summed E-state index contributed by atoms with van der Waals surface area (Å²) in [4.78, 5) is 11.7. The van der Waals surface area contributed by atoms with E-state index < -0.39 is 16.0 Å². The van der Waals surface area contributed by atoms with Crippen LogP contribution in [0.4, 0.5) is 5.69 Å². The van der Waals surface area contributed by atoms with Crippen molar-refractivity contribution in [1.29, 1.82) is 0 Å². The number of para-hydroxylation sites is 1. The standard InChI is InChI=1S/C13H13NO4S2/c1-9-8-19-11(13(15)18-2)12(9)20(16,17)14-10-6-4-3-5-7-10/h3-8,14H,1-2H3. The molecular formula is C13H13NO4S2. The predicted octanol–water partition coefficient (Wildman–Crippen LogP) is 2.64. The van der Waals surface area contributed by atoms with Gasteiger partial charge >= 0.3 is 5.97 Å². The number of esters is 1. The van der Waals surface area contributed by atoms with Crippen molar-refractivity contribution in [3.63, 3.8) is 0 Å². The summed E-state index contributed by atoms with van der Waals surface area (Å²) >= 11 is 1.05. The van der Waals surface area contributed by atoms with E-state index in [0.717, 1.165) is 11.3 Å². The van der Waals surface area contributed by atoms with E-state index in [1.807, 2.05) is 0 Å². The number of hydrogen-bond acceptors (Lipinski definition) is 5. The van der Waals surface area contributed by atoms with Crippen molar-refractivity contribution in [3.05, 3.63) is 46.2 Å². The zero-order valence-electron chi connectivity index (χ0n) is 10.9. The van der Waals surface area contributed by atoms with Crippen LogP contribution in [0, 0.1) is 6.92 Å². The molecule has 0 saturated heterocycles. The number of carbonyl (C=O) groups excluding carboxylic acids is 1. The molecule has 0 unspecified atom stereocenters. The van der Waals surface area contributed by atoms with Crippen LogP contribution in [0.25, 0.3) is 0 Å². The monoisotopic (exact) mass is 311 g/mol. The first-order valence-corrected chi connectivity index (χ1v) is 8.06. The molecule has 1 N–H and O–H groups in total. The Morgan fingerprint density at radius 1 is 1.25 bits per heavy atom. The van der Waals surface area contributed by atoms with Gasteiger partial charge in [0.15, 0.2) is 0 Å². The zero-order valence-corrected chi connectivity index (χ0v) is 12.5. The second-order valence-corrected chi connectivity index (χ2v) is 6.54. The first-order chi connectivity index (χ1) is 9.45. The molecule has 0 bridgehead atoms. The molecule has 0 aliphatic heterocycles. The lowest BCUT2D eigenvalue weighted by atomic mass is 10.3. The molecule has 20 heavy (non-hydrogen) atoms. The maximum absolute atomic E-state index is 12.4. The van der Waals surface area contributed by atoms with Gasteiger partial charge in [-0.15, -0.1) is 11.3 Å². The fourth-order valence-corrected chi connectivity index (χ4v) is 4.48. The van der Waals surface area contributed by atoms with E-state index in [9.17, 15) is 13.2 Å². The van der Waals surface area contributed by atoms with E-state index in [1.165, 1.54) is 7.11 Å². The number of aryl methyl sites for hydroxylation is 1. The number of carbonyl (C=O) groups is 1. The smallest absolute Gasteiger partial charge is 0.349 e. The molecule has 0 spiro atoms. The van der Waals surface area contributed by atoms with Crippen LogP contribution in [0.1, 0.15) is 15.2 Å². The Kier molecular flexibility index (Phi) is 4.10. The van der Waals surface area contributed by atoms with Crippen LogP contribution < -0.4 is 4.72 Å². The third-order valence-electron chi connectivity index (χ3n) is 2.58. The van der Waals surface area contributed by atoms with Gasteiger partial charge < -0.3 is 4.74 Å². The second kappa shape index (κ2) is 5.64. The highest BCUT2D eigenvalue weighted by Crippen LogP contribution is 2.29. The number of benzene rings is 1. The minimum atomic E-state index is -3.83. The highest BCUT2D eigenvalue weighted by atomic mass is 32.2. The molecule has 1 aromatic carbocycles. The third kappa shape index (κ3) is 2.83. The maximum atomic E-state index is 12.4. The van der Waals surface area contributed by atoms with E-state index in [0.29, 0.717) is 11.3 Å². The topological polar surface area (TPSA) is 72.5 Å². The van der Waals surface area contributed by atoms with E-state index in [1.54, 1.807) is 42.6 Å². The molecule has 7 heteroatoms. The number of sulfonamides is 1. The molecule has 0 fully saturated rings. The lowest BCUT2D eigenvalue weighted by Gasteiger charge is -2.09. The largest absolute Gasteiger partial charge is 0.465 e. The molecule has 0 aliphatic carbocycles. The van der Waals surface area contributed by atoms with E-state index >= 15 is 0 Å². The first kappa shape index (κ1) is 14.5. The molecule has 0 saturated carbocycles. The van der Waals surface area contributed by atoms with E-state index in [2.05, 4.69) is 9.46 Å². The third-order valence-corrected chi connectivity index (χ3v) is 5.36. The Labute approximate surface area is 121 Å². The van der Waals surface area contributed by atoms with Crippen molar-refractivity contribution in [3.8, 4) is 0 Å². The maximum Gasteiger partial charge on any atom is 0.349 e. The Balaban J connectivity index is 2.45. The molecule has 2 aromatic rings. The molecule has 2 rings (SSSR count). The summed E-state index contributed by atoms with van der Waals surface area (Å²) in [6, 6.07) is 8.50. The van der Waals surface area contributed by atoms with Crippen LogP contribution in [0.5, 0.6) is 0 Å².